The quantitative estimate of drug-likeness (QED) is 0.152. The fourth-order valence-corrected chi connectivity index (χ4v) is 6.72. The highest BCUT2D eigenvalue weighted by molar-refractivity contribution is 8.13. The van der Waals surface area contributed by atoms with E-state index in [0.29, 0.717) is 34.5 Å². The second-order valence-electron chi connectivity index (χ2n) is 11.6. The van der Waals surface area contributed by atoms with E-state index in [2.05, 4.69) is 87.6 Å². The third-order valence-corrected chi connectivity index (χ3v) is 9.50. The Labute approximate surface area is 272 Å². The minimum Gasteiger partial charge on any atom is -0.365 e. The molecule has 3 heterocycles. The zero-order chi connectivity index (χ0) is 31.2. The first-order valence-corrected chi connectivity index (χ1v) is 16.6. The fraction of sp³-hybridized carbons (Fsp3) is 0.286. The molecule has 5 rings (SSSR count). The Hall–Kier alpha value is -3.25. The number of anilines is 2. The number of halogens is 2. The Bertz CT molecular complexity index is 1690. The molecule has 3 aromatic rings. The molecule has 1 fully saturated rings. The largest absolute Gasteiger partial charge is 0.365 e. The first-order chi connectivity index (χ1) is 20.4. The summed E-state index contributed by atoms with van der Waals surface area (Å²) in [6, 6.07) is 15.1. The molecule has 2 aliphatic rings. The van der Waals surface area contributed by atoms with E-state index in [1.165, 1.54) is 11.0 Å². The lowest BCUT2D eigenvalue weighted by Crippen LogP contribution is -2.58. The van der Waals surface area contributed by atoms with Crippen molar-refractivity contribution in [3.8, 4) is 11.3 Å². The van der Waals surface area contributed by atoms with Crippen LogP contribution in [0.15, 0.2) is 95.7 Å². The zero-order valence-corrected chi connectivity index (χ0v) is 29.3. The molecule has 2 unspecified atom stereocenters. The minimum absolute atomic E-state index is 0. The van der Waals surface area contributed by atoms with Crippen LogP contribution in [-0.2, 0) is 0 Å². The van der Waals surface area contributed by atoms with Gasteiger partial charge in [-0.25, -0.2) is 14.4 Å². The van der Waals surface area contributed by atoms with Crippen LogP contribution in [0.1, 0.15) is 44.7 Å². The number of aromatic nitrogens is 1. The summed E-state index contributed by atoms with van der Waals surface area (Å²) in [6.07, 6.45) is 3.91. The molecule has 0 aliphatic carbocycles. The van der Waals surface area contributed by atoms with Gasteiger partial charge in [-0.15, -0.1) is 0 Å². The van der Waals surface area contributed by atoms with Crippen molar-refractivity contribution in [2.75, 3.05) is 24.2 Å². The Kier molecular flexibility index (Phi) is 10.2. The number of allylic oxidation sites excluding steroid dienone is 1. The molecule has 4 atom stereocenters. The molecule has 9 heteroatoms. The summed E-state index contributed by atoms with van der Waals surface area (Å²) in [4.78, 5) is 17.9. The van der Waals surface area contributed by atoms with Gasteiger partial charge in [0.25, 0.3) is 0 Å². The van der Waals surface area contributed by atoms with E-state index in [1.54, 1.807) is 24.3 Å². The van der Waals surface area contributed by atoms with Gasteiger partial charge in [0.05, 0.1) is 22.0 Å². The second-order valence-corrected chi connectivity index (χ2v) is 13.7. The average Bonchev–Trinajstić information content (AvgIpc) is 2.97. The first-order valence-electron chi connectivity index (χ1n) is 14.4. The molecular weight excluding hydrogens is 608 g/mol. The smallest absolute Gasteiger partial charge is 0.150 e. The van der Waals surface area contributed by atoms with Gasteiger partial charge in [-0.3, -0.25) is 4.90 Å². The van der Waals surface area contributed by atoms with E-state index < -0.39 is 0 Å². The van der Waals surface area contributed by atoms with Crippen LogP contribution in [0.5, 0.6) is 0 Å². The van der Waals surface area contributed by atoms with Gasteiger partial charge in [-0.1, -0.05) is 63.2 Å². The van der Waals surface area contributed by atoms with Crippen molar-refractivity contribution in [3.05, 3.63) is 108 Å². The number of amidine groups is 1. The van der Waals surface area contributed by atoms with Crippen molar-refractivity contribution in [3.63, 3.8) is 0 Å². The van der Waals surface area contributed by atoms with Gasteiger partial charge in [-0.2, -0.15) is 20.4 Å². The van der Waals surface area contributed by atoms with Crippen LogP contribution in [0, 0.1) is 5.82 Å². The molecule has 2 aliphatic heterocycles. The SMILES string of the molecule is C=CC(=C)N1C[C@H](C)N(C2=NC(=C)N(c3ccc(S(=C)C)cc3C(C)C)c3nc(-c4ccccc4F)c(Cl)cc32)C[C@H]1C.P. The minimum atomic E-state index is -0.384. The highest BCUT2D eigenvalue weighted by Crippen LogP contribution is 2.44. The summed E-state index contributed by atoms with van der Waals surface area (Å²) < 4.78 is 15.1. The summed E-state index contributed by atoms with van der Waals surface area (Å²) in [6.45, 7) is 22.7. The second kappa shape index (κ2) is 13.4. The van der Waals surface area contributed by atoms with E-state index in [-0.39, 0.29) is 44.2 Å². The molecule has 5 nitrogen and oxygen atoms in total. The first kappa shape index (κ1) is 33.6. The van der Waals surface area contributed by atoms with Crippen LogP contribution < -0.4 is 4.90 Å². The molecule has 2 aromatic carbocycles. The van der Waals surface area contributed by atoms with Gasteiger partial charge < -0.3 is 9.80 Å². The number of hydrogen-bond donors (Lipinski definition) is 0. The summed E-state index contributed by atoms with van der Waals surface area (Å²) in [5, 5.41) is 0.356. The summed E-state index contributed by atoms with van der Waals surface area (Å²) >= 11 is 6.91. The lowest BCUT2D eigenvalue weighted by atomic mass is 9.98. The highest BCUT2D eigenvalue weighted by atomic mass is 35.5. The Morgan fingerprint density at radius 1 is 1.09 bits per heavy atom. The topological polar surface area (TPSA) is 35.0 Å². The van der Waals surface area contributed by atoms with Crippen molar-refractivity contribution in [2.24, 2.45) is 4.99 Å². The van der Waals surface area contributed by atoms with Crippen molar-refractivity contribution in [2.45, 2.75) is 50.6 Å². The van der Waals surface area contributed by atoms with Gasteiger partial charge in [0, 0.05) is 41.3 Å². The summed E-state index contributed by atoms with van der Waals surface area (Å²) in [5.74, 6) is 6.00. The number of hydrogen-bond acceptors (Lipinski definition) is 5. The molecule has 0 spiro atoms. The molecular formula is C35H42ClFN5PS. The molecule has 0 N–H and O–H groups in total. The maximum absolute atomic E-state index is 15.1. The van der Waals surface area contributed by atoms with Gasteiger partial charge >= 0.3 is 0 Å². The van der Waals surface area contributed by atoms with Crippen LogP contribution in [0.3, 0.4) is 0 Å². The number of nitrogens with zero attached hydrogens (tertiary/aromatic N) is 5. The molecule has 0 amide bonds. The third kappa shape index (κ3) is 6.15. The number of fused-ring (bicyclic) bond motifs is 1. The van der Waals surface area contributed by atoms with E-state index in [9.17, 15) is 0 Å². The summed E-state index contributed by atoms with van der Waals surface area (Å²) in [5.41, 5.74) is 4.46. The van der Waals surface area contributed by atoms with Gasteiger partial charge in [0.1, 0.15) is 17.5 Å². The van der Waals surface area contributed by atoms with Crippen LogP contribution in [0.2, 0.25) is 5.02 Å². The van der Waals surface area contributed by atoms with Crippen molar-refractivity contribution in [1.29, 1.82) is 0 Å². The highest BCUT2D eigenvalue weighted by Gasteiger charge is 2.37. The number of piperazine rings is 1. The van der Waals surface area contributed by atoms with Crippen LogP contribution in [-0.4, -0.2) is 57.9 Å². The average molecular weight is 650 g/mol. The molecule has 1 aromatic heterocycles. The number of aliphatic imine (C=N–C) groups is 1. The molecule has 0 radical (unpaired) electrons. The predicted octanol–water partition coefficient (Wildman–Crippen LogP) is 8.88. The van der Waals surface area contributed by atoms with Crippen molar-refractivity contribution in [1.82, 2.24) is 14.8 Å². The van der Waals surface area contributed by atoms with Crippen LogP contribution in [0.4, 0.5) is 15.9 Å². The number of benzene rings is 2. The molecule has 0 saturated carbocycles. The third-order valence-electron chi connectivity index (χ3n) is 8.16. The molecule has 1 saturated heterocycles. The van der Waals surface area contributed by atoms with E-state index in [4.69, 9.17) is 21.6 Å². The molecule has 44 heavy (non-hydrogen) atoms. The number of rotatable bonds is 6. The summed E-state index contributed by atoms with van der Waals surface area (Å²) in [7, 11) is -0.147. The Morgan fingerprint density at radius 3 is 2.43 bits per heavy atom. The van der Waals surface area contributed by atoms with E-state index >= 15 is 4.39 Å². The standard InChI is InChI=1S/C35H39ClFN5S.H3P/c1-10-22(4)40-19-24(6)41(20-23(40)5)34-29-18-30(36)33(27-13-11-12-14-31(27)37)39-35(29)42(25(7)38-34)32-16-15-26(43(8)9)17-28(32)21(2)3;/h10-18,21,23-24H,1,4,7-8,19-20H2,2-3,5-6,9H3;1H3/t23-,24+,43?;/m1./s1. The number of pyridine rings is 1. The fourth-order valence-electron chi connectivity index (χ4n) is 5.84. The normalized spacial score (nSPS) is 18.9. The molecule has 232 valence electrons. The maximum atomic E-state index is 15.1. The lowest BCUT2D eigenvalue weighted by molar-refractivity contribution is 0.120. The Balaban J connectivity index is 0.00000442. The monoisotopic (exact) mass is 649 g/mol. The Morgan fingerprint density at radius 2 is 1.80 bits per heavy atom. The zero-order valence-electron chi connectivity index (χ0n) is 26.3. The van der Waals surface area contributed by atoms with Crippen LogP contribution in [0.25, 0.3) is 11.3 Å². The predicted molar refractivity (Wildman–Crippen MR) is 195 cm³/mol. The lowest BCUT2D eigenvalue weighted by Gasteiger charge is -2.48. The van der Waals surface area contributed by atoms with E-state index in [0.717, 1.165) is 34.9 Å². The van der Waals surface area contributed by atoms with Gasteiger partial charge in [0.15, 0.2) is 5.82 Å². The van der Waals surface area contributed by atoms with Crippen molar-refractivity contribution >= 4 is 55.2 Å². The van der Waals surface area contributed by atoms with E-state index in [1.807, 2.05) is 11.0 Å². The maximum Gasteiger partial charge on any atom is 0.150 e. The van der Waals surface area contributed by atoms with Crippen LogP contribution >= 0.6 is 32.0 Å². The van der Waals surface area contributed by atoms with Gasteiger partial charge in [-0.05, 0) is 74.1 Å². The van der Waals surface area contributed by atoms with Crippen molar-refractivity contribution < 1.29 is 4.39 Å². The van der Waals surface area contributed by atoms with Gasteiger partial charge in [0.2, 0.25) is 0 Å². The molecule has 0 bridgehead atoms.